The number of hydrogen-bond donors (Lipinski definition) is 1. The van der Waals surface area contributed by atoms with Crippen LogP contribution in [-0.2, 0) is 6.18 Å². The van der Waals surface area contributed by atoms with Gasteiger partial charge in [-0.2, -0.15) is 13.2 Å². The van der Waals surface area contributed by atoms with E-state index in [1.54, 1.807) is 4.90 Å². The zero-order chi connectivity index (χ0) is 19.0. The molecule has 0 saturated heterocycles. The molecule has 0 saturated carbocycles. The third kappa shape index (κ3) is 3.52. The molecule has 7 heteroatoms. The van der Waals surface area contributed by atoms with Crippen LogP contribution < -0.4 is 10.2 Å². The van der Waals surface area contributed by atoms with Gasteiger partial charge in [-0.25, -0.2) is 0 Å². The lowest BCUT2D eigenvalue weighted by Gasteiger charge is -2.33. The molecule has 2 nitrogen and oxygen atoms in total. The largest absolute Gasteiger partial charge is 0.416 e. The smallest absolute Gasteiger partial charge is 0.332 e. The molecule has 136 valence electrons. The fraction of sp³-hybridized carbons (Fsp3) is 0.0500. The van der Waals surface area contributed by atoms with Crippen LogP contribution in [0.1, 0.15) is 5.56 Å². The SMILES string of the molecule is FC(F)(F)c1ccc2c(c1)N(C(=S)Nc1ccccc1)c1ccccc1S2. The fourth-order valence-electron chi connectivity index (χ4n) is 2.85. The Balaban J connectivity index is 1.81. The number of fused-ring (bicyclic) bond motifs is 2. The average molecular weight is 402 g/mol. The lowest BCUT2D eigenvalue weighted by molar-refractivity contribution is -0.137. The molecule has 4 rings (SSSR count). The first-order valence-electron chi connectivity index (χ1n) is 8.08. The Kier molecular flexibility index (Phi) is 4.57. The minimum atomic E-state index is -4.42. The molecule has 0 aliphatic carbocycles. The summed E-state index contributed by atoms with van der Waals surface area (Å²) < 4.78 is 39.8. The maximum Gasteiger partial charge on any atom is 0.416 e. The molecule has 1 aliphatic heterocycles. The van der Waals surface area contributed by atoms with Crippen LogP contribution in [0.25, 0.3) is 0 Å². The van der Waals surface area contributed by atoms with Crippen molar-refractivity contribution in [2.45, 2.75) is 16.0 Å². The molecule has 0 radical (unpaired) electrons. The normalized spacial score (nSPS) is 12.9. The number of thiocarbonyl (C=S) groups is 1. The monoisotopic (exact) mass is 402 g/mol. The molecule has 1 heterocycles. The highest BCUT2D eigenvalue weighted by Crippen LogP contribution is 2.49. The van der Waals surface area contributed by atoms with Crippen LogP contribution in [-0.4, -0.2) is 5.11 Å². The summed E-state index contributed by atoms with van der Waals surface area (Å²) in [5.74, 6) is 0. The molecule has 1 aliphatic rings. The lowest BCUT2D eigenvalue weighted by atomic mass is 10.1. The van der Waals surface area contributed by atoms with E-state index in [0.717, 1.165) is 33.3 Å². The van der Waals surface area contributed by atoms with Crippen molar-refractivity contribution in [3.05, 3.63) is 78.4 Å². The molecular formula is C20H13F3N2S2. The van der Waals surface area contributed by atoms with E-state index in [1.165, 1.54) is 17.8 Å². The van der Waals surface area contributed by atoms with Crippen LogP contribution in [0.15, 0.2) is 82.6 Å². The summed E-state index contributed by atoms with van der Waals surface area (Å²) in [5, 5.41) is 3.43. The second kappa shape index (κ2) is 6.90. The minimum Gasteiger partial charge on any atom is -0.332 e. The summed E-state index contributed by atoms with van der Waals surface area (Å²) in [7, 11) is 0. The van der Waals surface area contributed by atoms with Crippen molar-refractivity contribution in [2.24, 2.45) is 0 Å². The van der Waals surface area contributed by atoms with Gasteiger partial charge in [-0.3, -0.25) is 4.90 Å². The zero-order valence-electron chi connectivity index (χ0n) is 13.8. The van der Waals surface area contributed by atoms with E-state index in [-0.39, 0.29) is 0 Å². The second-order valence-electron chi connectivity index (χ2n) is 5.88. The maximum atomic E-state index is 13.3. The summed E-state index contributed by atoms with van der Waals surface area (Å²) in [6.45, 7) is 0. The van der Waals surface area contributed by atoms with Gasteiger partial charge >= 0.3 is 6.18 Å². The van der Waals surface area contributed by atoms with E-state index in [4.69, 9.17) is 12.2 Å². The quantitative estimate of drug-likeness (QED) is 0.455. The second-order valence-corrected chi connectivity index (χ2v) is 7.35. The first kappa shape index (κ1) is 17.9. The third-order valence-corrected chi connectivity index (χ3v) is 5.50. The summed E-state index contributed by atoms with van der Waals surface area (Å²) in [6.07, 6.45) is -4.42. The summed E-state index contributed by atoms with van der Waals surface area (Å²) in [5.41, 5.74) is 1.24. The molecule has 3 aromatic carbocycles. The summed E-state index contributed by atoms with van der Waals surface area (Å²) in [6, 6.07) is 20.6. The van der Waals surface area contributed by atoms with Gasteiger partial charge in [-0.1, -0.05) is 42.1 Å². The number of benzene rings is 3. The van der Waals surface area contributed by atoms with E-state index >= 15 is 0 Å². The topological polar surface area (TPSA) is 15.3 Å². The van der Waals surface area contributed by atoms with Crippen LogP contribution in [0.2, 0.25) is 0 Å². The molecule has 0 amide bonds. The van der Waals surface area contributed by atoms with Crippen molar-refractivity contribution in [1.82, 2.24) is 0 Å². The number of hydrogen-bond acceptors (Lipinski definition) is 2. The van der Waals surface area contributed by atoms with Gasteiger partial charge in [0.1, 0.15) is 0 Å². The van der Waals surface area contributed by atoms with Crippen LogP contribution in [0.4, 0.5) is 30.2 Å². The molecule has 0 bridgehead atoms. The van der Waals surface area contributed by atoms with Crippen molar-refractivity contribution in [1.29, 1.82) is 0 Å². The van der Waals surface area contributed by atoms with E-state index in [0.29, 0.717) is 10.8 Å². The number of rotatable bonds is 1. The Morgan fingerprint density at radius 2 is 1.52 bits per heavy atom. The molecule has 0 unspecified atom stereocenters. The van der Waals surface area contributed by atoms with Crippen LogP contribution >= 0.6 is 24.0 Å². The summed E-state index contributed by atoms with van der Waals surface area (Å²) in [4.78, 5) is 3.32. The number of nitrogens with zero attached hydrogens (tertiary/aromatic N) is 1. The van der Waals surface area contributed by atoms with Crippen molar-refractivity contribution in [3.8, 4) is 0 Å². The Hall–Kier alpha value is -2.51. The van der Waals surface area contributed by atoms with E-state index < -0.39 is 11.7 Å². The maximum absolute atomic E-state index is 13.3. The van der Waals surface area contributed by atoms with Gasteiger partial charge < -0.3 is 5.32 Å². The van der Waals surface area contributed by atoms with Crippen LogP contribution in [0, 0.1) is 0 Å². The Morgan fingerprint density at radius 3 is 2.26 bits per heavy atom. The Bertz CT molecular complexity index is 1000. The fourth-order valence-corrected chi connectivity index (χ4v) is 4.20. The predicted octanol–water partition coefficient (Wildman–Crippen LogP) is 6.71. The van der Waals surface area contributed by atoms with Crippen LogP contribution in [0.3, 0.4) is 0 Å². The van der Waals surface area contributed by atoms with Crippen molar-refractivity contribution in [2.75, 3.05) is 10.2 Å². The molecule has 0 atom stereocenters. The van der Waals surface area contributed by atoms with Crippen LogP contribution in [0.5, 0.6) is 0 Å². The van der Waals surface area contributed by atoms with E-state index in [9.17, 15) is 13.2 Å². The number of anilines is 3. The minimum absolute atomic E-state index is 0.314. The number of nitrogens with one attached hydrogen (secondary N) is 1. The molecular weight excluding hydrogens is 389 g/mol. The predicted molar refractivity (Wildman–Crippen MR) is 107 cm³/mol. The first-order valence-corrected chi connectivity index (χ1v) is 9.30. The number of alkyl halides is 3. The highest BCUT2D eigenvalue weighted by molar-refractivity contribution is 7.99. The standard InChI is InChI=1S/C20H13F3N2S2/c21-20(22,23)13-10-11-18-16(12-13)25(15-8-4-5-9-17(15)27-18)19(26)24-14-6-2-1-3-7-14/h1-12H,(H,24,26). The van der Waals surface area contributed by atoms with Gasteiger partial charge in [0, 0.05) is 15.5 Å². The average Bonchev–Trinajstić information content (AvgIpc) is 2.65. The first-order chi connectivity index (χ1) is 12.9. The zero-order valence-corrected chi connectivity index (χ0v) is 15.5. The van der Waals surface area contributed by atoms with Gasteiger partial charge in [0.2, 0.25) is 0 Å². The van der Waals surface area contributed by atoms with Crippen molar-refractivity contribution in [3.63, 3.8) is 0 Å². The van der Waals surface area contributed by atoms with E-state index in [1.807, 2.05) is 54.6 Å². The van der Waals surface area contributed by atoms with Gasteiger partial charge in [-0.15, -0.1) is 0 Å². The molecule has 0 spiro atoms. The molecule has 3 aromatic rings. The third-order valence-electron chi connectivity index (χ3n) is 4.08. The van der Waals surface area contributed by atoms with Crippen molar-refractivity contribution < 1.29 is 13.2 Å². The Morgan fingerprint density at radius 1 is 0.852 bits per heavy atom. The Labute approximate surface area is 164 Å². The van der Waals surface area contributed by atoms with Gasteiger partial charge in [-0.05, 0) is 54.7 Å². The highest BCUT2D eigenvalue weighted by Gasteiger charge is 2.34. The molecule has 0 fully saturated rings. The number of para-hydroxylation sites is 2. The van der Waals surface area contributed by atoms with Gasteiger partial charge in [0.05, 0.1) is 16.9 Å². The lowest BCUT2D eigenvalue weighted by Crippen LogP contribution is -2.32. The molecule has 27 heavy (non-hydrogen) atoms. The number of halogens is 3. The molecule has 1 N–H and O–H groups in total. The van der Waals surface area contributed by atoms with Crippen molar-refractivity contribution >= 4 is 46.2 Å². The van der Waals surface area contributed by atoms with E-state index in [2.05, 4.69) is 5.32 Å². The van der Waals surface area contributed by atoms with Gasteiger partial charge in [0.15, 0.2) is 5.11 Å². The molecule has 0 aromatic heterocycles. The summed E-state index contributed by atoms with van der Waals surface area (Å²) >= 11 is 7.00. The highest BCUT2D eigenvalue weighted by atomic mass is 32.2. The van der Waals surface area contributed by atoms with Gasteiger partial charge in [0.25, 0.3) is 0 Å².